The Morgan fingerprint density at radius 2 is 2.11 bits per heavy atom. The zero-order valence-electron chi connectivity index (χ0n) is 10.8. The molecule has 18 heavy (non-hydrogen) atoms. The molecule has 0 bridgehead atoms. The molecule has 4 heteroatoms. The zero-order valence-corrected chi connectivity index (χ0v) is 12.4. The van der Waals surface area contributed by atoms with Crippen molar-refractivity contribution in [2.45, 2.75) is 45.3 Å². The second kappa shape index (κ2) is 6.02. The highest BCUT2D eigenvalue weighted by Crippen LogP contribution is 2.40. The predicted octanol–water partition coefficient (Wildman–Crippen LogP) is 4.19. The number of nitrogens with one attached hydrogen (secondary N) is 1. The molecule has 0 amide bonds. The first-order valence-electron chi connectivity index (χ1n) is 6.56. The Morgan fingerprint density at radius 3 is 2.78 bits per heavy atom. The van der Waals surface area contributed by atoms with Gasteiger partial charge in [0.2, 0.25) is 0 Å². The van der Waals surface area contributed by atoms with E-state index in [2.05, 4.69) is 35.1 Å². The van der Waals surface area contributed by atoms with Crippen LogP contribution in [0.4, 0.5) is 4.39 Å². The van der Waals surface area contributed by atoms with Crippen molar-refractivity contribution in [3.05, 3.63) is 28.0 Å². The van der Waals surface area contributed by atoms with Gasteiger partial charge in [0.15, 0.2) is 0 Å². The van der Waals surface area contributed by atoms with Crippen molar-refractivity contribution in [3.8, 4) is 5.75 Å². The largest absolute Gasteiger partial charge is 0.488 e. The molecule has 100 valence electrons. The van der Waals surface area contributed by atoms with Gasteiger partial charge < -0.3 is 10.1 Å². The second-order valence-electron chi connectivity index (χ2n) is 4.68. The number of benzene rings is 1. The Bertz CT molecular complexity index is 425. The minimum absolute atomic E-state index is 0.113. The molecule has 1 aliphatic rings. The molecule has 0 radical (unpaired) electrons. The zero-order chi connectivity index (χ0) is 13.1. The van der Waals surface area contributed by atoms with Crippen LogP contribution in [-0.2, 0) is 0 Å². The predicted molar refractivity (Wildman–Crippen MR) is 74.5 cm³/mol. The van der Waals surface area contributed by atoms with E-state index in [1.165, 1.54) is 0 Å². The third-order valence-corrected chi connectivity index (χ3v) is 3.83. The number of halogens is 2. The molecule has 0 spiro atoms. The molecule has 0 saturated heterocycles. The Morgan fingerprint density at radius 1 is 1.33 bits per heavy atom. The fraction of sp³-hybridized carbons (Fsp3) is 0.571. The van der Waals surface area contributed by atoms with Crippen LogP contribution in [-0.4, -0.2) is 12.6 Å². The lowest BCUT2D eigenvalue weighted by Gasteiger charge is -2.19. The number of hydrogen-bond donors (Lipinski definition) is 1. The summed E-state index contributed by atoms with van der Waals surface area (Å²) in [6.45, 7) is 5.19. The average Bonchev–Trinajstić information content (AvgIpc) is 2.65. The summed E-state index contributed by atoms with van der Waals surface area (Å²) >= 11 is 3.20. The lowest BCUT2D eigenvalue weighted by Crippen LogP contribution is -2.31. The molecule has 0 aromatic heterocycles. The SMILES string of the molecule is CCCNC1c2cc(F)c(Br)cc2OC1CCC. The minimum atomic E-state index is -0.224. The minimum Gasteiger partial charge on any atom is -0.488 e. The third kappa shape index (κ3) is 2.69. The monoisotopic (exact) mass is 315 g/mol. The molecule has 1 N–H and O–H groups in total. The van der Waals surface area contributed by atoms with Crippen LogP contribution in [0.25, 0.3) is 0 Å². The summed E-state index contributed by atoms with van der Waals surface area (Å²) in [7, 11) is 0. The van der Waals surface area contributed by atoms with Gasteiger partial charge in [-0.1, -0.05) is 20.3 Å². The molecule has 0 aliphatic carbocycles. The van der Waals surface area contributed by atoms with Crippen LogP contribution in [0.15, 0.2) is 16.6 Å². The van der Waals surface area contributed by atoms with E-state index in [1.807, 2.05) is 0 Å². The molecule has 1 aromatic carbocycles. The van der Waals surface area contributed by atoms with Crippen LogP contribution in [0.2, 0.25) is 0 Å². The number of hydrogen-bond acceptors (Lipinski definition) is 2. The van der Waals surface area contributed by atoms with E-state index < -0.39 is 0 Å². The van der Waals surface area contributed by atoms with Crippen molar-refractivity contribution in [2.24, 2.45) is 0 Å². The Labute approximate surface area is 116 Å². The van der Waals surface area contributed by atoms with Gasteiger partial charge in [-0.05, 0) is 47.4 Å². The van der Waals surface area contributed by atoms with Gasteiger partial charge in [0.05, 0.1) is 10.5 Å². The van der Waals surface area contributed by atoms with Gasteiger partial charge >= 0.3 is 0 Å². The maximum atomic E-state index is 13.7. The highest BCUT2D eigenvalue weighted by atomic mass is 79.9. The van der Waals surface area contributed by atoms with E-state index in [9.17, 15) is 4.39 Å². The smallest absolute Gasteiger partial charge is 0.137 e. The van der Waals surface area contributed by atoms with Gasteiger partial charge in [-0.15, -0.1) is 0 Å². The van der Waals surface area contributed by atoms with Crippen molar-refractivity contribution in [3.63, 3.8) is 0 Å². The summed E-state index contributed by atoms with van der Waals surface area (Å²) in [5, 5.41) is 3.46. The molecule has 0 fully saturated rings. The summed E-state index contributed by atoms with van der Waals surface area (Å²) in [6.07, 6.45) is 3.22. The van der Waals surface area contributed by atoms with Gasteiger partial charge in [-0.25, -0.2) is 4.39 Å². The third-order valence-electron chi connectivity index (χ3n) is 3.23. The van der Waals surface area contributed by atoms with Crippen molar-refractivity contribution in [2.75, 3.05) is 6.54 Å². The van der Waals surface area contributed by atoms with Crippen LogP contribution in [0, 0.1) is 5.82 Å². The number of ether oxygens (including phenoxy) is 1. The summed E-state index contributed by atoms with van der Waals surface area (Å²) < 4.78 is 20.1. The van der Waals surface area contributed by atoms with Crippen molar-refractivity contribution in [1.82, 2.24) is 5.32 Å². The van der Waals surface area contributed by atoms with Gasteiger partial charge in [0, 0.05) is 5.56 Å². The van der Waals surface area contributed by atoms with Crippen molar-refractivity contribution >= 4 is 15.9 Å². The highest BCUT2D eigenvalue weighted by Gasteiger charge is 2.34. The molecule has 2 rings (SSSR count). The van der Waals surface area contributed by atoms with Crippen LogP contribution in [0.1, 0.15) is 44.7 Å². The molecule has 2 atom stereocenters. The molecule has 1 aromatic rings. The van der Waals surface area contributed by atoms with Gasteiger partial charge in [0.1, 0.15) is 17.7 Å². The molecule has 0 saturated carbocycles. The van der Waals surface area contributed by atoms with Gasteiger partial charge in [-0.3, -0.25) is 0 Å². The first-order chi connectivity index (χ1) is 8.67. The van der Waals surface area contributed by atoms with Crippen LogP contribution < -0.4 is 10.1 Å². The fourth-order valence-corrected chi connectivity index (χ4v) is 2.69. The molecule has 1 heterocycles. The Hall–Kier alpha value is -0.610. The normalized spacial score (nSPS) is 21.8. The van der Waals surface area contributed by atoms with E-state index in [4.69, 9.17) is 4.74 Å². The van der Waals surface area contributed by atoms with Gasteiger partial charge in [-0.2, -0.15) is 0 Å². The number of fused-ring (bicyclic) bond motifs is 1. The molecule has 2 unspecified atom stereocenters. The van der Waals surface area contributed by atoms with E-state index in [0.29, 0.717) is 4.47 Å². The van der Waals surface area contributed by atoms with Gasteiger partial charge in [0.25, 0.3) is 0 Å². The van der Waals surface area contributed by atoms with Crippen LogP contribution >= 0.6 is 15.9 Å². The lowest BCUT2D eigenvalue weighted by molar-refractivity contribution is 0.178. The Balaban J connectivity index is 2.27. The van der Waals surface area contributed by atoms with E-state index in [0.717, 1.165) is 37.1 Å². The fourth-order valence-electron chi connectivity index (χ4n) is 2.37. The quantitative estimate of drug-likeness (QED) is 0.879. The van der Waals surface area contributed by atoms with E-state index in [1.54, 1.807) is 12.1 Å². The topological polar surface area (TPSA) is 21.3 Å². The second-order valence-corrected chi connectivity index (χ2v) is 5.54. The first kappa shape index (κ1) is 13.8. The maximum absolute atomic E-state index is 13.7. The van der Waals surface area contributed by atoms with Crippen LogP contribution in [0.5, 0.6) is 5.75 Å². The van der Waals surface area contributed by atoms with E-state index >= 15 is 0 Å². The summed E-state index contributed by atoms with van der Waals surface area (Å²) in [4.78, 5) is 0. The van der Waals surface area contributed by atoms with Crippen molar-refractivity contribution in [1.29, 1.82) is 0 Å². The lowest BCUT2D eigenvalue weighted by atomic mass is 10.0. The highest BCUT2D eigenvalue weighted by molar-refractivity contribution is 9.10. The molecule has 2 nitrogen and oxygen atoms in total. The van der Waals surface area contributed by atoms with Crippen LogP contribution in [0.3, 0.4) is 0 Å². The summed E-state index contributed by atoms with van der Waals surface area (Å²) in [6, 6.07) is 3.44. The molecular weight excluding hydrogens is 297 g/mol. The Kier molecular flexibility index (Phi) is 4.62. The maximum Gasteiger partial charge on any atom is 0.137 e. The summed E-state index contributed by atoms with van der Waals surface area (Å²) in [5.74, 6) is 0.577. The van der Waals surface area contributed by atoms with E-state index in [-0.39, 0.29) is 18.0 Å². The summed E-state index contributed by atoms with van der Waals surface area (Å²) in [5.41, 5.74) is 0.947. The van der Waals surface area contributed by atoms with Crippen molar-refractivity contribution < 1.29 is 9.13 Å². The number of rotatable bonds is 5. The molecule has 1 aliphatic heterocycles. The average molecular weight is 316 g/mol. The first-order valence-corrected chi connectivity index (χ1v) is 7.35. The molecular formula is C14H19BrFNO. The standard InChI is InChI=1S/C14H19BrFNO/c1-3-5-12-14(17-6-4-2)9-7-11(16)10(15)8-13(9)18-12/h7-8,12,14,17H,3-6H2,1-2H3.